The summed E-state index contributed by atoms with van der Waals surface area (Å²) in [6.45, 7) is 0. The third-order valence-corrected chi connectivity index (χ3v) is 4.79. The Morgan fingerprint density at radius 2 is 1.96 bits per heavy atom. The van der Waals surface area contributed by atoms with Gasteiger partial charge in [0.2, 0.25) is 5.16 Å². The lowest BCUT2D eigenvalue weighted by Gasteiger charge is -2.09. The van der Waals surface area contributed by atoms with Crippen LogP contribution in [0.15, 0.2) is 59.0 Å². The van der Waals surface area contributed by atoms with Gasteiger partial charge in [0, 0.05) is 16.3 Å². The summed E-state index contributed by atoms with van der Waals surface area (Å²) < 4.78 is 12.3. The first-order valence-corrected chi connectivity index (χ1v) is 9.10. The van der Waals surface area contributed by atoms with E-state index in [9.17, 15) is 0 Å². The van der Waals surface area contributed by atoms with Crippen LogP contribution in [0.2, 0.25) is 5.02 Å². The van der Waals surface area contributed by atoms with Crippen molar-refractivity contribution in [1.29, 1.82) is 0 Å². The first-order valence-electron chi connectivity index (χ1n) is 7.74. The fourth-order valence-electron chi connectivity index (χ4n) is 2.26. The molecule has 134 valence electrons. The Morgan fingerprint density at radius 1 is 1.15 bits per heavy atom. The fourth-order valence-corrected chi connectivity index (χ4v) is 3.21. The lowest BCUT2D eigenvalue weighted by molar-refractivity contribution is 0.354. The number of hydrogen-bond acceptors (Lipinski definition) is 6. The minimum Gasteiger partial charge on any atom is -0.493 e. The standard InChI is InChI=1S/C18H17ClN4O2S/c1-24-16-5-3-4-14(17(16)25-2)10-21-23-12-20-22-18(23)26-11-13-6-8-15(19)9-7-13/h3-10,12H,11H2,1-2H3/b21-10+. The van der Waals surface area contributed by atoms with Crippen LogP contribution < -0.4 is 9.47 Å². The maximum Gasteiger partial charge on any atom is 0.212 e. The Labute approximate surface area is 160 Å². The van der Waals surface area contributed by atoms with E-state index in [1.54, 1.807) is 43.2 Å². The summed E-state index contributed by atoms with van der Waals surface area (Å²) in [5.74, 6) is 2.02. The van der Waals surface area contributed by atoms with Crippen LogP contribution in [0.25, 0.3) is 0 Å². The number of methoxy groups -OCH3 is 2. The van der Waals surface area contributed by atoms with Gasteiger partial charge in [-0.25, -0.2) is 0 Å². The number of ether oxygens (including phenoxy) is 2. The highest BCUT2D eigenvalue weighted by Gasteiger charge is 2.09. The zero-order valence-electron chi connectivity index (χ0n) is 14.3. The predicted molar refractivity (Wildman–Crippen MR) is 104 cm³/mol. The molecule has 0 unspecified atom stereocenters. The highest BCUT2D eigenvalue weighted by Crippen LogP contribution is 2.29. The van der Waals surface area contributed by atoms with Gasteiger partial charge < -0.3 is 9.47 Å². The lowest BCUT2D eigenvalue weighted by atomic mass is 10.2. The number of hydrogen-bond donors (Lipinski definition) is 0. The van der Waals surface area contributed by atoms with E-state index in [0.29, 0.717) is 16.7 Å². The third kappa shape index (κ3) is 4.36. The number of aromatic nitrogens is 3. The fraction of sp³-hybridized carbons (Fsp3) is 0.167. The molecule has 0 amide bonds. The van der Waals surface area contributed by atoms with Crippen molar-refractivity contribution in [2.45, 2.75) is 10.9 Å². The second-order valence-electron chi connectivity index (χ2n) is 5.20. The molecule has 2 aromatic carbocycles. The van der Waals surface area contributed by atoms with Crippen LogP contribution in [-0.4, -0.2) is 35.3 Å². The molecule has 0 aliphatic carbocycles. The number of halogens is 1. The number of para-hydroxylation sites is 1. The zero-order valence-corrected chi connectivity index (χ0v) is 15.9. The molecule has 0 bridgehead atoms. The number of rotatable bonds is 7. The monoisotopic (exact) mass is 388 g/mol. The summed E-state index contributed by atoms with van der Waals surface area (Å²) in [6, 6.07) is 13.3. The summed E-state index contributed by atoms with van der Waals surface area (Å²) in [4.78, 5) is 0. The molecule has 26 heavy (non-hydrogen) atoms. The van der Waals surface area contributed by atoms with E-state index in [-0.39, 0.29) is 0 Å². The molecule has 0 aliphatic heterocycles. The van der Waals surface area contributed by atoms with Crippen molar-refractivity contribution in [3.05, 3.63) is 64.9 Å². The molecule has 3 rings (SSSR count). The van der Waals surface area contributed by atoms with E-state index in [4.69, 9.17) is 21.1 Å². The smallest absolute Gasteiger partial charge is 0.212 e. The van der Waals surface area contributed by atoms with E-state index < -0.39 is 0 Å². The molecule has 0 saturated carbocycles. The summed E-state index contributed by atoms with van der Waals surface area (Å²) in [5.41, 5.74) is 1.95. The topological polar surface area (TPSA) is 61.5 Å². The van der Waals surface area contributed by atoms with Gasteiger partial charge in [-0.15, -0.1) is 10.2 Å². The number of benzene rings is 2. The molecular formula is C18H17ClN4O2S. The van der Waals surface area contributed by atoms with Gasteiger partial charge in [-0.2, -0.15) is 9.78 Å². The van der Waals surface area contributed by atoms with Gasteiger partial charge in [-0.3, -0.25) is 0 Å². The maximum absolute atomic E-state index is 5.91. The maximum atomic E-state index is 5.91. The van der Waals surface area contributed by atoms with Gasteiger partial charge in [-0.05, 0) is 29.8 Å². The van der Waals surface area contributed by atoms with Gasteiger partial charge in [0.15, 0.2) is 11.5 Å². The molecule has 0 aliphatic rings. The van der Waals surface area contributed by atoms with Crippen molar-refractivity contribution in [3.8, 4) is 11.5 Å². The molecule has 6 nitrogen and oxygen atoms in total. The largest absolute Gasteiger partial charge is 0.493 e. The average Bonchev–Trinajstić information content (AvgIpc) is 3.12. The first-order chi connectivity index (χ1) is 12.7. The van der Waals surface area contributed by atoms with E-state index >= 15 is 0 Å². The molecule has 1 heterocycles. The van der Waals surface area contributed by atoms with Gasteiger partial charge >= 0.3 is 0 Å². The second-order valence-corrected chi connectivity index (χ2v) is 6.58. The predicted octanol–water partition coefficient (Wildman–Crippen LogP) is 4.12. The van der Waals surface area contributed by atoms with E-state index in [2.05, 4.69) is 15.3 Å². The summed E-state index contributed by atoms with van der Waals surface area (Å²) in [7, 11) is 3.20. The first kappa shape index (κ1) is 18.3. The molecule has 0 spiro atoms. The Bertz CT molecular complexity index is 896. The Morgan fingerprint density at radius 3 is 2.69 bits per heavy atom. The molecule has 0 saturated heterocycles. The van der Waals surface area contributed by atoms with Gasteiger partial charge in [0.25, 0.3) is 0 Å². The second kappa shape index (κ2) is 8.73. The average molecular weight is 389 g/mol. The summed E-state index contributed by atoms with van der Waals surface area (Å²) in [5, 5.41) is 13.9. The molecule has 0 fully saturated rings. The zero-order chi connectivity index (χ0) is 18.4. The van der Waals surface area contributed by atoms with Gasteiger partial charge in [0.1, 0.15) is 6.33 Å². The van der Waals surface area contributed by atoms with Crippen LogP contribution in [-0.2, 0) is 5.75 Å². The Hall–Kier alpha value is -2.51. The molecule has 1 aromatic heterocycles. The van der Waals surface area contributed by atoms with Crippen LogP contribution in [0.3, 0.4) is 0 Å². The number of nitrogens with zero attached hydrogens (tertiary/aromatic N) is 4. The van der Waals surface area contributed by atoms with Crippen molar-refractivity contribution >= 4 is 29.6 Å². The quantitative estimate of drug-likeness (QED) is 0.450. The van der Waals surface area contributed by atoms with Crippen LogP contribution in [0.1, 0.15) is 11.1 Å². The highest BCUT2D eigenvalue weighted by atomic mass is 35.5. The molecular weight excluding hydrogens is 372 g/mol. The van der Waals surface area contributed by atoms with E-state index in [1.165, 1.54) is 0 Å². The van der Waals surface area contributed by atoms with Crippen LogP contribution in [0.4, 0.5) is 0 Å². The van der Waals surface area contributed by atoms with Crippen molar-refractivity contribution in [1.82, 2.24) is 14.9 Å². The van der Waals surface area contributed by atoms with Crippen molar-refractivity contribution in [2.24, 2.45) is 5.10 Å². The van der Waals surface area contributed by atoms with Crippen molar-refractivity contribution in [3.63, 3.8) is 0 Å². The molecule has 0 N–H and O–H groups in total. The van der Waals surface area contributed by atoms with Crippen LogP contribution in [0.5, 0.6) is 11.5 Å². The highest BCUT2D eigenvalue weighted by molar-refractivity contribution is 7.98. The Kier molecular flexibility index (Phi) is 6.14. The third-order valence-electron chi connectivity index (χ3n) is 3.54. The lowest BCUT2D eigenvalue weighted by Crippen LogP contribution is -1.97. The summed E-state index contributed by atoms with van der Waals surface area (Å²) >= 11 is 7.45. The normalized spacial score (nSPS) is 11.0. The van der Waals surface area contributed by atoms with E-state index in [1.807, 2.05) is 42.5 Å². The van der Waals surface area contributed by atoms with Crippen molar-refractivity contribution < 1.29 is 9.47 Å². The molecule has 0 atom stereocenters. The number of thioether (sulfide) groups is 1. The van der Waals surface area contributed by atoms with Crippen LogP contribution >= 0.6 is 23.4 Å². The van der Waals surface area contributed by atoms with Gasteiger partial charge in [0.05, 0.1) is 20.4 Å². The van der Waals surface area contributed by atoms with Gasteiger partial charge in [-0.1, -0.05) is 41.6 Å². The molecule has 0 radical (unpaired) electrons. The van der Waals surface area contributed by atoms with Crippen molar-refractivity contribution in [2.75, 3.05) is 14.2 Å². The van der Waals surface area contributed by atoms with Crippen LogP contribution in [0, 0.1) is 0 Å². The Balaban J connectivity index is 1.74. The molecule has 3 aromatic rings. The minimum absolute atomic E-state index is 0.627. The minimum atomic E-state index is 0.627. The molecule has 8 heteroatoms. The van der Waals surface area contributed by atoms with E-state index in [0.717, 1.165) is 21.9 Å². The SMILES string of the molecule is COc1cccc(/C=N/n2cnnc2SCc2ccc(Cl)cc2)c1OC. The summed E-state index contributed by atoms with van der Waals surface area (Å²) in [6.07, 6.45) is 3.25.